The maximum Gasteiger partial charge on any atom is 0.274 e. The number of rotatable bonds is 3. The number of imidazole rings is 1. The van der Waals surface area contributed by atoms with Gasteiger partial charge >= 0.3 is 0 Å². The van der Waals surface area contributed by atoms with Gasteiger partial charge in [-0.1, -0.05) is 36.2 Å². The number of hydrogen-bond donors (Lipinski definition) is 1. The summed E-state index contributed by atoms with van der Waals surface area (Å²) in [5.41, 5.74) is 3.52. The number of anilines is 1. The van der Waals surface area contributed by atoms with E-state index < -0.39 is 0 Å². The number of carbonyl (C=O) groups is 1. The summed E-state index contributed by atoms with van der Waals surface area (Å²) < 4.78 is 1.75. The Morgan fingerprint density at radius 2 is 1.96 bits per heavy atom. The number of aromatic nitrogens is 2. The molecule has 3 rings (SSSR count). The highest BCUT2D eigenvalue weighted by atomic mass is 35.5. The highest BCUT2D eigenvalue weighted by Crippen LogP contribution is 2.23. The zero-order chi connectivity index (χ0) is 16.6. The van der Waals surface area contributed by atoms with Gasteiger partial charge in [-0.05, 0) is 37.1 Å². The van der Waals surface area contributed by atoms with Gasteiger partial charge in [0.25, 0.3) is 5.91 Å². The summed E-state index contributed by atoms with van der Waals surface area (Å²) in [4.78, 5) is 17.3. The summed E-state index contributed by atoms with van der Waals surface area (Å²) in [6.45, 7) is 3.88. The van der Waals surface area contributed by atoms with Crippen molar-refractivity contribution in [2.75, 3.05) is 5.32 Å². The molecule has 4 nitrogen and oxygen atoms in total. The molecule has 0 spiro atoms. The quantitative estimate of drug-likeness (QED) is 0.741. The average Bonchev–Trinajstić information content (AvgIpc) is 2.88. The highest BCUT2D eigenvalue weighted by molar-refractivity contribution is 6.31. The Morgan fingerprint density at radius 1 is 1.22 bits per heavy atom. The van der Waals surface area contributed by atoms with E-state index in [0.29, 0.717) is 33.5 Å². The molecule has 23 heavy (non-hydrogen) atoms. The zero-order valence-corrected chi connectivity index (χ0v) is 14.2. The Bertz CT molecular complexity index is 902. The van der Waals surface area contributed by atoms with Gasteiger partial charge in [0.2, 0.25) is 0 Å². The maximum absolute atomic E-state index is 12.8. The number of pyridine rings is 1. The molecule has 0 bridgehead atoms. The van der Waals surface area contributed by atoms with Gasteiger partial charge < -0.3 is 5.32 Å². The lowest BCUT2D eigenvalue weighted by molar-refractivity contribution is 0.102. The molecule has 0 radical (unpaired) electrons. The van der Waals surface area contributed by atoms with Crippen LogP contribution in [-0.2, 0) is 6.42 Å². The number of halogens is 2. The van der Waals surface area contributed by atoms with Crippen molar-refractivity contribution in [3.05, 3.63) is 63.5 Å². The number of benzene rings is 1. The maximum atomic E-state index is 12.8. The lowest BCUT2D eigenvalue weighted by Crippen LogP contribution is -2.17. The van der Waals surface area contributed by atoms with Gasteiger partial charge in [0.1, 0.15) is 11.3 Å². The molecule has 0 saturated heterocycles. The normalized spacial score (nSPS) is 11.0. The first-order valence-corrected chi connectivity index (χ1v) is 7.99. The number of hydrogen-bond acceptors (Lipinski definition) is 2. The predicted octanol–water partition coefficient (Wildman–Crippen LogP) is 4.76. The van der Waals surface area contributed by atoms with Crippen molar-refractivity contribution in [1.82, 2.24) is 9.38 Å². The van der Waals surface area contributed by atoms with Gasteiger partial charge in [0.15, 0.2) is 0 Å². The third-order valence-corrected chi connectivity index (χ3v) is 4.13. The fourth-order valence-electron chi connectivity index (χ4n) is 2.47. The number of nitrogens with one attached hydrogen (secondary N) is 1. The van der Waals surface area contributed by atoms with Crippen LogP contribution in [0, 0.1) is 6.92 Å². The van der Waals surface area contributed by atoms with Gasteiger partial charge in [-0.25, -0.2) is 4.98 Å². The Hall–Kier alpha value is -2.04. The second-order valence-corrected chi connectivity index (χ2v) is 6.12. The van der Waals surface area contributed by atoms with Gasteiger partial charge in [-0.15, -0.1) is 0 Å². The van der Waals surface area contributed by atoms with Crippen molar-refractivity contribution >= 4 is 40.4 Å². The SMILES string of the molecule is CCc1nc2cc(Cl)ccn2c1C(=O)Nc1cc(Cl)ccc1C. The third-order valence-electron chi connectivity index (χ3n) is 3.66. The Morgan fingerprint density at radius 3 is 2.70 bits per heavy atom. The molecule has 0 saturated carbocycles. The van der Waals surface area contributed by atoms with Crippen LogP contribution in [0.2, 0.25) is 10.0 Å². The smallest absolute Gasteiger partial charge is 0.274 e. The number of nitrogens with zero attached hydrogens (tertiary/aromatic N) is 2. The summed E-state index contributed by atoms with van der Waals surface area (Å²) in [5, 5.41) is 4.08. The lowest BCUT2D eigenvalue weighted by Gasteiger charge is -2.09. The summed E-state index contributed by atoms with van der Waals surface area (Å²) in [6.07, 6.45) is 2.40. The van der Waals surface area contributed by atoms with Crippen LogP contribution in [0.1, 0.15) is 28.7 Å². The van der Waals surface area contributed by atoms with Crippen molar-refractivity contribution in [3.8, 4) is 0 Å². The van der Waals surface area contributed by atoms with E-state index >= 15 is 0 Å². The Balaban J connectivity index is 2.05. The summed E-state index contributed by atoms with van der Waals surface area (Å²) in [5.74, 6) is -0.220. The molecule has 0 fully saturated rings. The molecule has 0 aliphatic rings. The van der Waals surface area contributed by atoms with Crippen LogP contribution in [0.3, 0.4) is 0 Å². The van der Waals surface area contributed by atoms with Crippen LogP contribution in [0.4, 0.5) is 5.69 Å². The standard InChI is InChI=1S/C17H15Cl2N3O/c1-3-13-16(22-7-6-12(19)9-15(22)20-13)17(23)21-14-8-11(18)5-4-10(14)2/h4-9H,3H2,1-2H3,(H,21,23). The summed E-state index contributed by atoms with van der Waals surface area (Å²) in [6, 6.07) is 8.87. The van der Waals surface area contributed by atoms with Crippen LogP contribution >= 0.6 is 23.2 Å². The highest BCUT2D eigenvalue weighted by Gasteiger charge is 2.19. The fourth-order valence-corrected chi connectivity index (χ4v) is 2.79. The first-order chi connectivity index (χ1) is 11.0. The first kappa shape index (κ1) is 15.8. The molecule has 118 valence electrons. The van der Waals surface area contributed by atoms with Gasteiger partial charge in [-0.3, -0.25) is 9.20 Å². The Labute approximate surface area is 144 Å². The van der Waals surface area contributed by atoms with Crippen molar-refractivity contribution in [2.45, 2.75) is 20.3 Å². The largest absolute Gasteiger partial charge is 0.320 e. The molecule has 1 N–H and O–H groups in total. The molecule has 1 aromatic carbocycles. The van der Waals surface area contributed by atoms with E-state index in [1.54, 1.807) is 34.9 Å². The lowest BCUT2D eigenvalue weighted by atomic mass is 10.2. The molecule has 3 aromatic rings. The molecule has 0 aliphatic carbocycles. The molecule has 1 amide bonds. The molecule has 0 unspecified atom stereocenters. The van der Waals surface area contributed by atoms with Gasteiger partial charge in [0, 0.05) is 28.0 Å². The number of amides is 1. The van der Waals surface area contributed by atoms with E-state index in [4.69, 9.17) is 23.2 Å². The average molecular weight is 348 g/mol. The topological polar surface area (TPSA) is 46.4 Å². The van der Waals surface area contributed by atoms with E-state index in [1.165, 1.54) is 0 Å². The Kier molecular flexibility index (Phi) is 4.28. The van der Waals surface area contributed by atoms with Crippen LogP contribution in [0.5, 0.6) is 0 Å². The van der Waals surface area contributed by atoms with Crippen LogP contribution in [-0.4, -0.2) is 15.3 Å². The number of aryl methyl sites for hydroxylation is 2. The van der Waals surface area contributed by atoms with Crippen LogP contribution in [0.25, 0.3) is 5.65 Å². The molecular weight excluding hydrogens is 333 g/mol. The minimum Gasteiger partial charge on any atom is -0.320 e. The van der Waals surface area contributed by atoms with Crippen molar-refractivity contribution in [1.29, 1.82) is 0 Å². The minimum absolute atomic E-state index is 0.220. The third kappa shape index (κ3) is 3.05. The fraction of sp³-hybridized carbons (Fsp3) is 0.176. The second kappa shape index (κ2) is 6.22. The molecule has 6 heteroatoms. The molecule has 2 heterocycles. The number of carbonyl (C=O) groups excluding carboxylic acids is 1. The van der Waals surface area contributed by atoms with Crippen molar-refractivity contribution < 1.29 is 4.79 Å². The minimum atomic E-state index is -0.220. The predicted molar refractivity (Wildman–Crippen MR) is 93.7 cm³/mol. The van der Waals surface area contributed by atoms with E-state index in [-0.39, 0.29) is 5.91 Å². The van der Waals surface area contributed by atoms with Gasteiger partial charge in [-0.2, -0.15) is 0 Å². The zero-order valence-electron chi connectivity index (χ0n) is 12.7. The number of fused-ring (bicyclic) bond motifs is 1. The molecule has 0 atom stereocenters. The van der Waals surface area contributed by atoms with Crippen LogP contribution in [0.15, 0.2) is 36.5 Å². The van der Waals surface area contributed by atoms with Crippen molar-refractivity contribution in [2.24, 2.45) is 0 Å². The van der Waals surface area contributed by atoms with E-state index in [2.05, 4.69) is 10.3 Å². The molecular formula is C17H15Cl2N3O. The summed E-state index contributed by atoms with van der Waals surface area (Å²) >= 11 is 12.0. The van der Waals surface area contributed by atoms with Crippen molar-refractivity contribution in [3.63, 3.8) is 0 Å². The van der Waals surface area contributed by atoms with Crippen LogP contribution < -0.4 is 5.32 Å². The van der Waals surface area contributed by atoms with E-state index in [0.717, 1.165) is 11.3 Å². The molecule has 0 aliphatic heterocycles. The van der Waals surface area contributed by atoms with Gasteiger partial charge in [0.05, 0.1) is 5.69 Å². The van der Waals surface area contributed by atoms with E-state index in [9.17, 15) is 4.79 Å². The second-order valence-electron chi connectivity index (χ2n) is 5.25. The summed E-state index contributed by atoms with van der Waals surface area (Å²) in [7, 11) is 0. The van der Waals surface area contributed by atoms with E-state index in [1.807, 2.05) is 19.9 Å². The first-order valence-electron chi connectivity index (χ1n) is 7.23. The monoisotopic (exact) mass is 347 g/mol. The molecule has 2 aromatic heterocycles.